The molecule has 0 spiro atoms. The van der Waals surface area contributed by atoms with Crippen LogP contribution in [0, 0.1) is 0 Å². The van der Waals surface area contributed by atoms with E-state index in [1.54, 1.807) is 6.07 Å². The van der Waals surface area contributed by atoms with Gasteiger partial charge in [0.05, 0.1) is 0 Å². The van der Waals surface area contributed by atoms with Gasteiger partial charge in [-0.2, -0.15) is 0 Å². The number of rotatable bonds is 6. The highest BCUT2D eigenvalue weighted by molar-refractivity contribution is 5.88. The third kappa shape index (κ3) is 4.04. The van der Waals surface area contributed by atoms with Crippen molar-refractivity contribution in [2.24, 2.45) is 0 Å². The van der Waals surface area contributed by atoms with Crippen LogP contribution in [0.25, 0.3) is 22.3 Å². The Morgan fingerprint density at radius 3 is 2.59 bits per heavy atom. The molecule has 5 nitrogen and oxygen atoms in total. The smallest absolute Gasteiger partial charge is 0.197 e. The Labute approximate surface area is 157 Å². The lowest BCUT2D eigenvalue weighted by molar-refractivity contribution is 0.0504. The van der Waals surface area contributed by atoms with Crippen LogP contribution in [0.4, 0.5) is 0 Å². The molecule has 0 saturated carbocycles. The summed E-state index contributed by atoms with van der Waals surface area (Å²) in [4.78, 5) is 12.7. The molecule has 0 bridgehead atoms. The monoisotopic (exact) mass is 366 g/mol. The largest absolute Gasteiger partial charge is 0.507 e. The van der Waals surface area contributed by atoms with Gasteiger partial charge in [0.2, 0.25) is 0 Å². The molecule has 27 heavy (non-hydrogen) atoms. The van der Waals surface area contributed by atoms with Crippen molar-refractivity contribution in [3.8, 4) is 22.8 Å². The first-order chi connectivity index (χ1) is 13.0. The van der Waals surface area contributed by atoms with E-state index in [0.717, 1.165) is 11.1 Å². The van der Waals surface area contributed by atoms with E-state index in [0.29, 0.717) is 23.5 Å². The zero-order valence-electron chi connectivity index (χ0n) is 15.6. The van der Waals surface area contributed by atoms with Crippen molar-refractivity contribution >= 4 is 11.0 Å². The van der Waals surface area contributed by atoms with Crippen molar-refractivity contribution < 1.29 is 19.0 Å². The number of methoxy groups -OCH3 is 1. The fraction of sp³-hybridized carbons (Fsp3) is 0.227. The van der Waals surface area contributed by atoms with Crippen LogP contribution in [0.5, 0.6) is 11.5 Å². The number of hydrogen-bond acceptors (Lipinski definition) is 5. The summed E-state index contributed by atoms with van der Waals surface area (Å²) >= 11 is 0. The van der Waals surface area contributed by atoms with Gasteiger partial charge in [0.1, 0.15) is 28.2 Å². The van der Waals surface area contributed by atoms with Gasteiger partial charge in [-0.15, -0.1) is 0 Å². The minimum absolute atomic E-state index is 0.0232. The average Bonchev–Trinajstić information content (AvgIpc) is 2.65. The molecule has 1 heterocycles. The van der Waals surface area contributed by atoms with Crippen molar-refractivity contribution in [3.05, 3.63) is 69.9 Å². The number of phenols is 1. The molecule has 140 valence electrons. The summed E-state index contributed by atoms with van der Waals surface area (Å²) in [6.07, 6.45) is 2.39. The second kappa shape index (κ2) is 8.10. The van der Waals surface area contributed by atoms with Crippen LogP contribution < -0.4 is 10.2 Å². The molecule has 2 aromatic carbocycles. The third-order valence-corrected chi connectivity index (χ3v) is 4.16. The van der Waals surface area contributed by atoms with Gasteiger partial charge in [0.25, 0.3) is 0 Å². The predicted octanol–water partition coefficient (Wildman–Crippen LogP) is 4.66. The van der Waals surface area contributed by atoms with Crippen LogP contribution >= 0.6 is 0 Å². The van der Waals surface area contributed by atoms with Gasteiger partial charge in [0, 0.05) is 30.4 Å². The lowest BCUT2D eigenvalue weighted by atomic mass is 10.0. The number of phenolic OH excluding ortho intramolecular Hbond substituents is 1. The quantitative estimate of drug-likeness (QED) is 0.508. The van der Waals surface area contributed by atoms with E-state index in [1.807, 2.05) is 50.3 Å². The number of ether oxygens (including phenoxy) is 2. The van der Waals surface area contributed by atoms with Crippen LogP contribution in [0.1, 0.15) is 19.4 Å². The zero-order valence-corrected chi connectivity index (χ0v) is 15.6. The first-order valence-electron chi connectivity index (χ1n) is 8.64. The van der Waals surface area contributed by atoms with E-state index in [-0.39, 0.29) is 28.9 Å². The van der Waals surface area contributed by atoms with E-state index in [2.05, 4.69) is 0 Å². The fourth-order valence-corrected chi connectivity index (χ4v) is 2.82. The predicted molar refractivity (Wildman–Crippen MR) is 105 cm³/mol. The number of allylic oxidation sites excluding steroid dienone is 2. The maximum absolute atomic E-state index is 12.7. The van der Waals surface area contributed by atoms with Crippen LogP contribution in [0.3, 0.4) is 0 Å². The molecule has 0 aliphatic heterocycles. The second-order valence-corrected chi connectivity index (χ2v) is 6.45. The normalized spacial score (nSPS) is 10.8. The molecule has 0 amide bonds. The number of benzene rings is 2. The van der Waals surface area contributed by atoms with Crippen LogP contribution in [-0.4, -0.2) is 19.0 Å². The first kappa shape index (κ1) is 18.7. The first-order valence-corrected chi connectivity index (χ1v) is 8.64. The maximum atomic E-state index is 12.7. The highest BCUT2D eigenvalue weighted by Gasteiger charge is 2.18. The number of hydrogen-bond donors (Lipinski definition) is 1. The molecule has 0 aliphatic rings. The number of fused-ring (bicyclic) bond motifs is 1. The Bertz CT molecular complexity index is 1030. The summed E-state index contributed by atoms with van der Waals surface area (Å²) in [6, 6.07) is 12.4. The molecule has 1 N–H and O–H groups in total. The lowest BCUT2D eigenvalue weighted by Gasteiger charge is -2.14. The molecular weight excluding hydrogens is 344 g/mol. The summed E-state index contributed by atoms with van der Waals surface area (Å²) in [7, 11) is 1.52. The molecule has 0 aliphatic carbocycles. The van der Waals surface area contributed by atoms with Crippen molar-refractivity contribution in [1.82, 2.24) is 0 Å². The van der Waals surface area contributed by atoms with Gasteiger partial charge in [0.15, 0.2) is 12.2 Å². The number of aromatic hydroxyl groups is 1. The summed E-state index contributed by atoms with van der Waals surface area (Å²) in [6.45, 7) is 3.96. The lowest BCUT2D eigenvalue weighted by Crippen LogP contribution is -2.06. The highest BCUT2D eigenvalue weighted by Crippen LogP contribution is 2.37. The van der Waals surface area contributed by atoms with Crippen molar-refractivity contribution in [2.45, 2.75) is 20.3 Å². The fourth-order valence-electron chi connectivity index (χ4n) is 2.82. The molecule has 0 radical (unpaired) electrons. The molecule has 3 rings (SSSR count). The SMILES string of the molecule is COCOc1cc2oc(-c3ccccc3)cc(=O)c2c(O)c1CC=C(C)C. The molecule has 0 fully saturated rings. The van der Waals surface area contributed by atoms with Crippen LogP contribution in [0.2, 0.25) is 0 Å². The van der Waals surface area contributed by atoms with Crippen molar-refractivity contribution in [1.29, 1.82) is 0 Å². The molecule has 1 aromatic heterocycles. The maximum Gasteiger partial charge on any atom is 0.197 e. The van der Waals surface area contributed by atoms with E-state index in [9.17, 15) is 9.90 Å². The van der Waals surface area contributed by atoms with Crippen molar-refractivity contribution in [3.63, 3.8) is 0 Å². The van der Waals surface area contributed by atoms with Crippen LogP contribution in [0.15, 0.2) is 63.3 Å². The summed E-state index contributed by atoms with van der Waals surface area (Å²) in [5.74, 6) is 0.736. The van der Waals surface area contributed by atoms with Crippen LogP contribution in [-0.2, 0) is 11.2 Å². The van der Waals surface area contributed by atoms with Gasteiger partial charge in [-0.3, -0.25) is 4.79 Å². The molecule has 3 aromatic rings. The minimum atomic E-state index is -0.302. The Morgan fingerprint density at radius 1 is 1.19 bits per heavy atom. The van der Waals surface area contributed by atoms with E-state index in [4.69, 9.17) is 13.9 Å². The summed E-state index contributed by atoms with van der Waals surface area (Å²) in [5.41, 5.74) is 2.37. The van der Waals surface area contributed by atoms with Gasteiger partial charge >= 0.3 is 0 Å². The molecule has 0 atom stereocenters. The summed E-state index contributed by atoms with van der Waals surface area (Å²) < 4.78 is 16.5. The molecule has 0 saturated heterocycles. The van der Waals surface area contributed by atoms with E-state index < -0.39 is 0 Å². The van der Waals surface area contributed by atoms with E-state index >= 15 is 0 Å². The average molecular weight is 366 g/mol. The Kier molecular flexibility index (Phi) is 5.62. The van der Waals surface area contributed by atoms with Crippen molar-refractivity contribution in [2.75, 3.05) is 13.9 Å². The minimum Gasteiger partial charge on any atom is -0.507 e. The Balaban J connectivity index is 2.22. The molecule has 5 heteroatoms. The van der Waals surface area contributed by atoms with E-state index in [1.165, 1.54) is 13.2 Å². The van der Waals surface area contributed by atoms with Gasteiger partial charge in [-0.1, -0.05) is 42.0 Å². The summed E-state index contributed by atoms with van der Waals surface area (Å²) in [5, 5.41) is 10.9. The Hall–Kier alpha value is -3.05. The van der Waals surface area contributed by atoms with Gasteiger partial charge < -0.3 is 19.0 Å². The molecular formula is C22H22O5. The topological polar surface area (TPSA) is 68.9 Å². The zero-order chi connectivity index (χ0) is 19.4. The highest BCUT2D eigenvalue weighted by atomic mass is 16.7. The van der Waals surface area contributed by atoms with Gasteiger partial charge in [-0.25, -0.2) is 0 Å². The van der Waals surface area contributed by atoms with Gasteiger partial charge in [-0.05, 0) is 20.3 Å². The Morgan fingerprint density at radius 2 is 1.93 bits per heavy atom. The molecule has 0 unspecified atom stereocenters. The third-order valence-electron chi connectivity index (χ3n) is 4.16. The standard InChI is InChI=1S/C22H22O5/c1-14(2)9-10-16-19(26-13-25-3)12-20-21(22(16)24)17(23)11-18(27-20)15-7-5-4-6-8-15/h4-9,11-12,24H,10,13H2,1-3H3. The second-order valence-electron chi connectivity index (χ2n) is 6.45.